The zero-order chi connectivity index (χ0) is 13.2. The molecule has 1 aromatic carbocycles. The second-order valence-electron chi connectivity index (χ2n) is 3.79. The van der Waals surface area contributed by atoms with E-state index < -0.39 is 11.6 Å². The van der Waals surface area contributed by atoms with Crippen molar-refractivity contribution in [2.45, 2.75) is 6.61 Å². The fourth-order valence-electron chi connectivity index (χ4n) is 1.61. The number of halogens is 2. The molecular formula is C12H7F2N3OS. The summed E-state index contributed by atoms with van der Waals surface area (Å²) in [6, 6.07) is 4.12. The van der Waals surface area contributed by atoms with Crippen LogP contribution in [0.2, 0.25) is 0 Å². The van der Waals surface area contributed by atoms with Crippen LogP contribution in [0.3, 0.4) is 0 Å². The van der Waals surface area contributed by atoms with E-state index in [0.29, 0.717) is 16.8 Å². The lowest BCUT2D eigenvalue weighted by molar-refractivity contribution is 0.301. The second-order valence-corrected chi connectivity index (χ2v) is 4.35. The highest BCUT2D eigenvalue weighted by Crippen LogP contribution is 2.22. The van der Waals surface area contributed by atoms with Crippen LogP contribution in [0.5, 0.6) is 5.75 Å². The Morgan fingerprint density at radius 2 is 2.11 bits per heavy atom. The largest absolute Gasteiger partial charge is 0.486 e. The van der Waals surface area contributed by atoms with Gasteiger partial charge in [0, 0.05) is 5.39 Å². The number of pyridine rings is 1. The third kappa shape index (κ3) is 2.37. The molecule has 19 heavy (non-hydrogen) atoms. The Hall–Kier alpha value is -2.15. The number of ether oxygens (including phenoxy) is 1. The van der Waals surface area contributed by atoms with Gasteiger partial charge < -0.3 is 4.74 Å². The van der Waals surface area contributed by atoms with E-state index in [-0.39, 0.29) is 12.1 Å². The van der Waals surface area contributed by atoms with Crippen molar-refractivity contribution in [2.24, 2.45) is 0 Å². The molecule has 2 heterocycles. The fourth-order valence-corrected chi connectivity index (χ4v) is 2.03. The molecule has 0 bridgehead atoms. The van der Waals surface area contributed by atoms with Gasteiger partial charge in [-0.1, -0.05) is 0 Å². The first-order valence-corrected chi connectivity index (χ1v) is 6.10. The van der Waals surface area contributed by atoms with Crippen LogP contribution in [0.4, 0.5) is 8.78 Å². The zero-order valence-electron chi connectivity index (χ0n) is 9.51. The standard InChI is InChI=1S/C12H7F2N3OS/c13-10-2-1-7-3-9(5-15-12(7)11(10)14)18-6-8-4-16-19-17-8/h1-5H,6H2. The number of hydrogen-bond acceptors (Lipinski definition) is 5. The van der Waals surface area contributed by atoms with E-state index in [9.17, 15) is 8.78 Å². The summed E-state index contributed by atoms with van der Waals surface area (Å²) >= 11 is 1.09. The molecule has 0 N–H and O–H groups in total. The van der Waals surface area contributed by atoms with Gasteiger partial charge in [0.15, 0.2) is 11.6 Å². The summed E-state index contributed by atoms with van der Waals surface area (Å²) in [5.74, 6) is -1.40. The lowest BCUT2D eigenvalue weighted by Crippen LogP contribution is -1.97. The van der Waals surface area contributed by atoms with E-state index in [4.69, 9.17) is 4.74 Å². The van der Waals surface area contributed by atoms with E-state index in [0.717, 1.165) is 17.8 Å². The van der Waals surface area contributed by atoms with Gasteiger partial charge in [0.05, 0.1) is 24.1 Å². The molecule has 7 heteroatoms. The summed E-state index contributed by atoms with van der Waals surface area (Å²) in [4.78, 5) is 3.87. The minimum Gasteiger partial charge on any atom is -0.486 e. The minimum atomic E-state index is -0.951. The molecule has 0 saturated heterocycles. The fraction of sp³-hybridized carbons (Fsp3) is 0.0833. The third-order valence-electron chi connectivity index (χ3n) is 2.51. The number of rotatable bonds is 3. The Labute approximate surface area is 111 Å². The van der Waals surface area contributed by atoms with Crippen LogP contribution in [0, 0.1) is 11.6 Å². The van der Waals surface area contributed by atoms with Gasteiger partial charge in [0.1, 0.15) is 23.6 Å². The van der Waals surface area contributed by atoms with Crippen LogP contribution in [-0.2, 0) is 6.61 Å². The highest BCUT2D eigenvalue weighted by atomic mass is 32.1. The van der Waals surface area contributed by atoms with Crippen molar-refractivity contribution in [3.8, 4) is 5.75 Å². The molecule has 3 rings (SSSR count). The number of benzene rings is 1. The van der Waals surface area contributed by atoms with Crippen LogP contribution >= 0.6 is 11.7 Å². The first-order chi connectivity index (χ1) is 9.24. The average Bonchev–Trinajstić information content (AvgIpc) is 2.94. The van der Waals surface area contributed by atoms with E-state index >= 15 is 0 Å². The van der Waals surface area contributed by atoms with Crippen molar-refractivity contribution in [3.63, 3.8) is 0 Å². The van der Waals surface area contributed by atoms with Crippen LogP contribution in [0.25, 0.3) is 10.9 Å². The highest BCUT2D eigenvalue weighted by Gasteiger charge is 2.09. The lowest BCUT2D eigenvalue weighted by atomic mass is 10.2. The van der Waals surface area contributed by atoms with E-state index in [1.54, 1.807) is 12.3 Å². The molecule has 0 atom stereocenters. The van der Waals surface area contributed by atoms with E-state index in [1.165, 1.54) is 12.3 Å². The summed E-state index contributed by atoms with van der Waals surface area (Å²) in [5.41, 5.74) is 0.693. The molecule has 3 aromatic rings. The Morgan fingerprint density at radius 3 is 2.89 bits per heavy atom. The predicted molar refractivity (Wildman–Crippen MR) is 65.9 cm³/mol. The Bertz CT molecular complexity index is 718. The molecule has 2 aromatic heterocycles. The van der Waals surface area contributed by atoms with Gasteiger partial charge in [0.2, 0.25) is 0 Å². The quantitative estimate of drug-likeness (QED) is 0.739. The van der Waals surface area contributed by atoms with Gasteiger partial charge in [-0.05, 0) is 18.2 Å². The van der Waals surface area contributed by atoms with Crippen LogP contribution in [0.1, 0.15) is 5.69 Å². The topological polar surface area (TPSA) is 47.9 Å². The molecule has 0 aliphatic heterocycles. The average molecular weight is 279 g/mol. The molecule has 0 spiro atoms. The van der Waals surface area contributed by atoms with Gasteiger partial charge in [-0.25, -0.2) is 13.8 Å². The molecule has 0 saturated carbocycles. The number of aromatic nitrogens is 3. The summed E-state index contributed by atoms with van der Waals surface area (Å²) < 4.78 is 39.8. The van der Waals surface area contributed by atoms with Gasteiger partial charge in [0.25, 0.3) is 0 Å². The predicted octanol–water partition coefficient (Wildman–Crippen LogP) is 2.94. The molecule has 0 aliphatic rings. The Kier molecular flexibility index (Phi) is 3.04. The smallest absolute Gasteiger partial charge is 0.184 e. The molecule has 4 nitrogen and oxygen atoms in total. The molecule has 96 valence electrons. The van der Waals surface area contributed by atoms with Crippen molar-refractivity contribution in [1.82, 2.24) is 13.7 Å². The van der Waals surface area contributed by atoms with Crippen molar-refractivity contribution in [1.29, 1.82) is 0 Å². The Balaban J connectivity index is 1.88. The highest BCUT2D eigenvalue weighted by molar-refractivity contribution is 6.99. The van der Waals surface area contributed by atoms with Crippen molar-refractivity contribution in [3.05, 3.63) is 47.9 Å². The SMILES string of the molecule is Fc1ccc2cc(OCc3cnsn3)cnc2c1F. The zero-order valence-corrected chi connectivity index (χ0v) is 10.3. The second kappa shape index (κ2) is 4.85. The molecule has 0 radical (unpaired) electrons. The summed E-state index contributed by atoms with van der Waals surface area (Å²) in [6.07, 6.45) is 2.96. The van der Waals surface area contributed by atoms with Crippen LogP contribution in [-0.4, -0.2) is 13.7 Å². The van der Waals surface area contributed by atoms with Crippen molar-refractivity contribution in [2.75, 3.05) is 0 Å². The van der Waals surface area contributed by atoms with Crippen molar-refractivity contribution < 1.29 is 13.5 Å². The van der Waals surface area contributed by atoms with Gasteiger partial charge in [-0.3, -0.25) is 0 Å². The van der Waals surface area contributed by atoms with Gasteiger partial charge in [-0.15, -0.1) is 0 Å². The van der Waals surface area contributed by atoms with Crippen LogP contribution < -0.4 is 4.74 Å². The van der Waals surface area contributed by atoms with Gasteiger partial charge in [-0.2, -0.15) is 8.75 Å². The number of hydrogen-bond donors (Lipinski definition) is 0. The first-order valence-electron chi connectivity index (χ1n) is 5.37. The maximum Gasteiger partial charge on any atom is 0.184 e. The van der Waals surface area contributed by atoms with Crippen LogP contribution in [0.15, 0.2) is 30.6 Å². The number of fused-ring (bicyclic) bond motifs is 1. The molecular weight excluding hydrogens is 272 g/mol. The Morgan fingerprint density at radius 1 is 1.21 bits per heavy atom. The monoisotopic (exact) mass is 279 g/mol. The first kappa shape index (κ1) is 11.9. The molecule has 0 unspecified atom stereocenters. The van der Waals surface area contributed by atoms with E-state index in [2.05, 4.69) is 13.7 Å². The molecule has 0 fully saturated rings. The summed E-state index contributed by atoms with van der Waals surface area (Å²) in [6.45, 7) is 0.257. The summed E-state index contributed by atoms with van der Waals surface area (Å²) in [7, 11) is 0. The normalized spacial score (nSPS) is 10.8. The summed E-state index contributed by atoms with van der Waals surface area (Å²) in [5, 5.41) is 0.479. The number of nitrogens with zero attached hydrogens (tertiary/aromatic N) is 3. The third-order valence-corrected chi connectivity index (χ3v) is 3.03. The maximum atomic E-state index is 13.4. The van der Waals surface area contributed by atoms with Gasteiger partial charge >= 0.3 is 0 Å². The molecule has 0 amide bonds. The minimum absolute atomic E-state index is 0.0114. The lowest BCUT2D eigenvalue weighted by Gasteiger charge is -2.05. The maximum absolute atomic E-state index is 13.4. The van der Waals surface area contributed by atoms with E-state index in [1.807, 2.05) is 0 Å². The van der Waals surface area contributed by atoms with Crippen molar-refractivity contribution >= 4 is 22.6 Å². The molecule has 0 aliphatic carbocycles.